The summed E-state index contributed by atoms with van der Waals surface area (Å²) >= 11 is 0. The van der Waals surface area contributed by atoms with Crippen LogP contribution in [0.15, 0.2) is 0 Å². The lowest BCUT2D eigenvalue weighted by Crippen LogP contribution is -2.43. The van der Waals surface area contributed by atoms with Crippen LogP contribution in [0.25, 0.3) is 0 Å². The van der Waals surface area contributed by atoms with Gasteiger partial charge in [0.2, 0.25) is 11.8 Å². The number of carbonyl (C=O) groups is 2. The van der Waals surface area contributed by atoms with E-state index in [1.54, 1.807) is 0 Å². The standard InChI is InChI=1S/C10H17NO2/c1-3-4-7(2)8-5-6-9(12)11-10(8)13/h7-8H,3-6H2,1-2H3,(H,11,12,13). The molecule has 0 spiro atoms. The van der Waals surface area contributed by atoms with E-state index >= 15 is 0 Å². The van der Waals surface area contributed by atoms with Crippen LogP contribution in [0, 0.1) is 11.8 Å². The van der Waals surface area contributed by atoms with Crippen LogP contribution in [0.2, 0.25) is 0 Å². The first-order chi connectivity index (χ1) is 6.15. The first kappa shape index (κ1) is 10.2. The van der Waals surface area contributed by atoms with Crippen LogP contribution in [-0.2, 0) is 9.59 Å². The van der Waals surface area contributed by atoms with Crippen LogP contribution in [0.5, 0.6) is 0 Å². The molecule has 1 heterocycles. The predicted octanol–water partition coefficient (Wildman–Crippen LogP) is 1.48. The number of hydrogen-bond donors (Lipinski definition) is 1. The molecule has 74 valence electrons. The van der Waals surface area contributed by atoms with Crippen LogP contribution >= 0.6 is 0 Å². The molecule has 1 fully saturated rings. The van der Waals surface area contributed by atoms with E-state index in [-0.39, 0.29) is 17.7 Å². The van der Waals surface area contributed by atoms with E-state index < -0.39 is 0 Å². The van der Waals surface area contributed by atoms with Crippen LogP contribution in [-0.4, -0.2) is 11.8 Å². The highest BCUT2D eigenvalue weighted by molar-refractivity contribution is 5.98. The van der Waals surface area contributed by atoms with Crippen molar-refractivity contribution in [1.82, 2.24) is 5.32 Å². The highest BCUT2D eigenvalue weighted by atomic mass is 16.2. The first-order valence-corrected chi connectivity index (χ1v) is 4.98. The molecule has 2 unspecified atom stereocenters. The number of carbonyl (C=O) groups excluding carboxylic acids is 2. The summed E-state index contributed by atoms with van der Waals surface area (Å²) in [6.45, 7) is 4.20. The van der Waals surface area contributed by atoms with Gasteiger partial charge in [0.15, 0.2) is 0 Å². The van der Waals surface area contributed by atoms with Gasteiger partial charge in [0, 0.05) is 12.3 Å². The Balaban J connectivity index is 2.50. The van der Waals surface area contributed by atoms with Crippen molar-refractivity contribution >= 4 is 11.8 Å². The van der Waals surface area contributed by atoms with Crippen molar-refractivity contribution in [2.24, 2.45) is 11.8 Å². The minimum atomic E-state index is -0.120. The second-order valence-electron chi connectivity index (χ2n) is 3.82. The second kappa shape index (κ2) is 4.40. The van der Waals surface area contributed by atoms with E-state index in [4.69, 9.17) is 0 Å². The topological polar surface area (TPSA) is 46.2 Å². The summed E-state index contributed by atoms with van der Waals surface area (Å²) in [5.41, 5.74) is 0. The fourth-order valence-electron chi connectivity index (χ4n) is 1.91. The van der Waals surface area contributed by atoms with Gasteiger partial charge in [-0.2, -0.15) is 0 Å². The molecule has 0 aromatic heterocycles. The molecule has 1 aliphatic heterocycles. The molecule has 0 aliphatic carbocycles. The van der Waals surface area contributed by atoms with Crippen molar-refractivity contribution in [1.29, 1.82) is 0 Å². The van der Waals surface area contributed by atoms with Gasteiger partial charge in [-0.15, -0.1) is 0 Å². The number of piperidine rings is 1. The number of nitrogens with one attached hydrogen (secondary N) is 1. The summed E-state index contributed by atoms with van der Waals surface area (Å²) in [4.78, 5) is 22.3. The van der Waals surface area contributed by atoms with Gasteiger partial charge in [-0.05, 0) is 12.3 Å². The Kier molecular flexibility index (Phi) is 3.46. The van der Waals surface area contributed by atoms with Crippen LogP contribution in [0.3, 0.4) is 0 Å². The fraction of sp³-hybridized carbons (Fsp3) is 0.800. The van der Waals surface area contributed by atoms with Crippen LogP contribution in [0.4, 0.5) is 0 Å². The zero-order valence-electron chi connectivity index (χ0n) is 8.30. The fourth-order valence-corrected chi connectivity index (χ4v) is 1.91. The average molecular weight is 183 g/mol. The zero-order valence-corrected chi connectivity index (χ0v) is 8.30. The molecular weight excluding hydrogens is 166 g/mol. The van der Waals surface area contributed by atoms with E-state index in [9.17, 15) is 9.59 Å². The van der Waals surface area contributed by atoms with Crippen molar-refractivity contribution in [3.8, 4) is 0 Å². The third-order valence-corrected chi connectivity index (χ3v) is 2.71. The maximum Gasteiger partial charge on any atom is 0.229 e. The molecule has 1 saturated heterocycles. The van der Waals surface area contributed by atoms with E-state index in [1.165, 1.54) is 0 Å². The maximum atomic E-state index is 11.4. The van der Waals surface area contributed by atoms with Gasteiger partial charge in [-0.3, -0.25) is 14.9 Å². The average Bonchev–Trinajstić information content (AvgIpc) is 2.04. The summed E-state index contributed by atoms with van der Waals surface area (Å²) in [6, 6.07) is 0. The zero-order chi connectivity index (χ0) is 9.84. The highest BCUT2D eigenvalue weighted by Crippen LogP contribution is 2.24. The first-order valence-electron chi connectivity index (χ1n) is 4.98. The Labute approximate surface area is 78.9 Å². The predicted molar refractivity (Wildman–Crippen MR) is 49.9 cm³/mol. The van der Waals surface area contributed by atoms with E-state index in [0.29, 0.717) is 12.3 Å². The second-order valence-corrected chi connectivity index (χ2v) is 3.82. The molecule has 0 aromatic rings. The van der Waals surface area contributed by atoms with Gasteiger partial charge in [-0.25, -0.2) is 0 Å². The van der Waals surface area contributed by atoms with Gasteiger partial charge < -0.3 is 0 Å². The van der Waals surface area contributed by atoms with Gasteiger partial charge in [-0.1, -0.05) is 26.7 Å². The molecule has 2 atom stereocenters. The van der Waals surface area contributed by atoms with Crippen molar-refractivity contribution in [2.45, 2.75) is 39.5 Å². The summed E-state index contributed by atoms with van der Waals surface area (Å²) < 4.78 is 0. The minimum absolute atomic E-state index is 0.0534. The molecule has 1 rings (SSSR count). The molecule has 3 nitrogen and oxygen atoms in total. The van der Waals surface area contributed by atoms with Crippen molar-refractivity contribution < 1.29 is 9.59 Å². The van der Waals surface area contributed by atoms with E-state index in [0.717, 1.165) is 19.3 Å². The summed E-state index contributed by atoms with van der Waals surface area (Å²) in [5.74, 6) is 0.262. The minimum Gasteiger partial charge on any atom is -0.296 e. The lowest BCUT2D eigenvalue weighted by atomic mass is 9.84. The molecule has 1 N–H and O–H groups in total. The Morgan fingerprint density at radius 3 is 2.77 bits per heavy atom. The molecular formula is C10H17NO2. The Morgan fingerprint density at radius 1 is 1.54 bits per heavy atom. The van der Waals surface area contributed by atoms with Crippen molar-refractivity contribution in [3.63, 3.8) is 0 Å². The quantitative estimate of drug-likeness (QED) is 0.673. The van der Waals surface area contributed by atoms with E-state index in [1.807, 2.05) is 0 Å². The molecule has 2 amide bonds. The van der Waals surface area contributed by atoms with Gasteiger partial charge in [0.05, 0.1) is 0 Å². The summed E-state index contributed by atoms with van der Waals surface area (Å²) in [6.07, 6.45) is 3.39. The van der Waals surface area contributed by atoms with Crippen molar-refractivity contribution in [2.75, 3.05) is 0 Å². The van der Waals surface area contributed by atoms with Gasteiger partial charge in [0.25, 0.3) is 0 Å². The van der Waals surface area contributed by atoms with Crippen LogP contribution < -0.4 is 5.32 Å². The number of amides is 2. The largest absolute Gasteiger partial charge is 0.296 e. The summed E-state index contributed by atoms with van der Waals surface area (Å²) in [5, 5.41) is 2.39. The highest BCUT2D eigenvalue weighted by Gasteiger charge is 2.30. The van der Waals surface area contributed by atoms with Crippen LogP contribution in [0.1, 0.15) is 39.5 Å². The number of imide groups is 1. The molecule has 3 heteroatoms. The normalized spacial score (nSPS) is 25.5. The Hall–Kier alpha value is -0.860. The van der Waals surface area contributed by atoms with Crippen molar-refractivity contribution in [3.05, 3.63) is 0 Å². The maximum absolute atomic E-state index is 11.4. The number of rotatable bonds is 3. The molecule has 0 radical (unpaired) electrons. The lowest BCUT2D eigenvalue weighted by Gasteiger charge is -2.25. The summed E-state index contributed by atoms with van der Waals surface area (Å²) in [7, 11) is 0. The monoisotopic (exact) mass is 183 g/mol. The molecule has 0 bridgehead atoms. The number of hydrogen-bond acceptors (Lipinski definition) is 2. The Morgan fingerprint density at radius 2 is 2.23 bits per heavy atom. The molecule has 0 saturated carbocycles. The van der Waals surface area contributed by atoms with Gasteiger partial charge in [0.1, 0.15) is 0 Å². The van der Waals surface area contributed by atoms with E-state index in [2.05, 4.69) is 19.2 Å². The lowest BCUT2D eigenvalue weighted by molar-refractivity contribution is -0.137. The third-order valence-electron chi connectivity index (χ3n) is 2.71. The smallest absolute Gasteiger partial charge is 0.229 e. The Bertz CT molecular complexity index is 213. The molecule has 0 aromatic carbocycles. The molecule has 1 aliphatic rings. The third kappa shape index (κ3) is 2.54. The van der Waals surface area contributed by atoms with Gasteiger partial charge >= 0.3 is 0 Å². The SMILES string of the molecule is CCCC(C)C1CCC(=O)NC1=O. The molecule has 13 heavy (non-hydrogen) atoms.